The van der Waals surface area contributed by atoms with Crippen molar-refractivity contribution in [2.45, 2.75) is 52.0 Å². The van der Waals surface area contributed by atoms with E-state index in [0.29, 0.717) is 31.5 Å². The van der Waals surface area contributed by atoms with Gasteiger partial charge in [0.25, 0.3) is 0 Å². The summed E-state index contributed by atoms with van der Waals surface area (Å²) in [7, 11) is 0. The molecular weight excluding hydrogens is 352 g/mol. The number of hydrogen-bond acceptors (Lipinski definition) is 3. The molecule has 1 aliphatic heterocycles. The van der Waals surface area contributed by atoms with E-state index in [0.717, 1.165) is 19.0 Å². The second-order valence-corrected chi connectivity index (χ2v) is 8.06. The number of piperidine rings is 1. The Morgan fingerprint density at radius 3 is 2.63 bits per heavy atom. The van der Waals surface area contributed by atoms with Crippen molar-refractivity contribution in [2.24, 2.45) is 5.41 Å². The SMILES string of the molecule is CC(C)(C)C(=O)NCCCC(=O)NC1CNCCC1c1ccc(F)c(F)c1. The maximum atomic E-state index is 13.6. The van der Waals surface area contributed by atoms with Crippen LogP contribution < -0.4 is 16.0 Å². The first kappa shape index (κ1) is 21.3. The molecule has 1 saturated heterocycles. The summed E-state index contributed by atoms with van der Waals surface area (Å²) in [4.78, 5) is 24.1. The minimum absolute atomic E-state index is 0.0437. The molecule has 1 aromatic carbocycles. The van der Waals surface area contributed by atoms with Gasteiger partial charge in [0.2, 0.25) is 11.8 Å². The second-order valence-electron chi connectivity index (χ2n) is 8.06. The van der Waals surface area contributed by atoms with Gasteiger partial charge in [-0.2, -0.15) is 0 Å². The Hall–Kier alpha value is -2.02. The van der Waals surface area contributed by atoms with Gasteiger partial charge in [0.15, 0.2) is 11.6 Å². The monoisotopic (exact) mass is 381 g/mol. The molecule has 0 radical (unpaired) electrons. The number of amides is 2. The fourth-order valence-electron chi connectivity index (χ4n) is 3.15. The van der Waals surface area contributed by atoms with Crippen molar-refractivity contribution in [3.05, 3.63) is 35.4 Å². The average Bonchev–Trinajstić information content (AvgIpc) is 2.60. The Balaban J connectivity index is 1.85. The predicted molar refractivity (Wildman–Crippen MR) is 100 cm³/mol. The van der Waals surface area contributed by atoms with Gasteiger partial charge in [0.05, 0.1) is 0 Å². The summed E-state index contributed by atoms with van der Waals surface area (Å²) < 4.78 is 26.8. The van der Waals surface area contributed by atoms with Crippen molar-refractivity contribution in [1.29, 1.82) is 0 Å². The number of benzene rings is 1. The highest BCUT2D eigenvalue weighted by molar-refractivity contribution is 5.81. The van der Waals surface area contributed by atoms with Crippen LogP contribution in [-0.2, 0) is 9.59 Å². The summed E-state index contributed by atoms with van der Waals surface area (Å²) in [6, 6.07) is 3.74. The predicted octanol–water partition coefficient (Wildman–Crippen LogP) is 2.47. The topological polar surface area (TPSA) is 70.2 Å². The van der Waals surface area contributed by atoms with Gasteiger partial charge >= 0.3 is 0 Å². The normalized spacial score (nSPS) is 20.2. The van der Waals surface area contributed by atoms with Gasteiger partial charge in [0, 0.05) is 36.9 Å². The van der Waals surface area contributed by atoms with E-state index in [9.17, 15) is 18.4 Å². The number of carbonyl (C=O) groups is 2. The average molecular weight is 381 g/mol. The van der Waals surface area contributed by atoms with Gasteiger partial charge in [-0.15, -0.1) is 0 Å². The summed E-state index contributed by atoms with van der Waals surface area (Å²) in [5.41, 5.74) is 0.242. The molecule has 5 nitrogen and oxygen atoms in total. The van der Waals surface area contributed by atoms with Crippen LogP contribution in [0.1, 0.15) is 51.5 Å². The molecule has 150 valence electrons. The van der Waals surface area contributed by atoms with Crippen LogP contribution in [0.4, 0.5) is 8.78 Å². The number of carbonyl (C=O) groups excluding carboxylic acids is 2. The standard InChI is InChI=1S/C20H29F2N3O2/c1-20(2,3)19(27)24-9-4-5-18(26)25-17-12-23-10-8-14(17)13-6-7-15(21)16(22)11-13/h6-7,11,14,17,23H,4-5,8-10,12H2,1-3H3,(H,24,27)(H,25,26). The lowest BCUT2D eigenvalue weighted by molar-refractivity contribution is -0.128. The van der Waals surface area contributed by atoms with E-state index in [2.05, 4.69) is 16.0 Å². The molecule has 2 unspecified atom stereocenters. The third-order valence-electron chi connectivity index (χ3n) is 4.75. The Morgan fingerprint density at radius 1 is 1.22 bits per heavy atom. The van der Waals surface area contributed by atoms with Gasteiger partial charge in [-0.25, -0.2) is 8.78 Å². The molecule has 1 fully saturated rings. The third kappa shape index (κ3) is 6.27. The van der Waals surface area contributed by atoms with E-state index in [1.807, 2.05) is 20.8 Å². The quantitative estimate of drug-likeness (QED) is 0.663. The zero-order chi connectivity index (χ0) is 20.0. The van der Waals surface area contributed by atoms with Crippen LogP contribution in [0.5, 0.6) is 0 Å². The highest BCUT2D eigenvalue weighted by Crippen LogP contribution is 2.27. The zero-order valence-electron chi connectivity index (χ0n) is 16.2. The lowest BCUT2D eigenvalue weighted by atomic mass is 9.86. The van der Waals surface area contributed by atoms with Gasteiger partial charge in [0.1, 0.15) is 0 Å². The first-order chi connectivity index (χ1) is 12.7. The van der Waals surface area contributed by atoms with Gasteiger partial charge < -0.3 is 16.0 Å². The van der Waals surface area contributed by atoms with Crippen molar-refractivity contribution in [2.75, 3.05) is 19.6 Å². The third-order valence-corrected chi connectivity index (χ3v) is 4.75. The van der Waals surface area contributed by atoms with Crippen LogP contribution in [0.25, 0.3) is 0 Å². The van der Waals surface area contributed by atoms with Crippen LogP contribution >= 0.6 is 0 Å². The van der Waals surface area contributed by atoms with Gasteiger partial charge in [-0.05, 0) is 37.1 Å². The van der Waals surface area contributed by atoms with E-state index < -0.39 is 17.0 Å². The van der Waals surface area contributed by atoms with E-state index in [-0.39, 0.29) is 23.8 Å². The molecule has 0 saturated carbocycles. The molecule has 2 amide bonds. The Bertz CT molecular complexity index is 674. The first-order valence-electron chi connectivity index (χ1n) is 9.42. The molecule has 0 bridgehead atoms. The number of halogens is 2. The summed E-state index contributed by atoms with van der Waals surface area (Å²) in [5.74, 6) is -1.96. The molecule has 3 N–H and O–H groups in total. The molecule has 0 aliphatic carbocycles. The first-order valence-corrected chi connectivity index (χ1v) is 9.42. The molecule has 1 aromatic rings. The molecule has 7 heteroatoms. The lowest BCUT2D eigenvalue weighted by Crippen LogP contribution is -2.50. The minimum atomic E-state index is -0.870. The van der Waals surface area contributed by atoms with Crippen molar-refractivity contribution >= 4 is 11.8 Å². The summed E-state index contributed by atoms with van der Waals surface area (Å²) in [5, 5.41) is 9.03. The van der Waals surface area contributed by atoms with Crippen LogP contribution in [-0.4, -0.2) is 37.5 Å². The van der Waals surface area contributed by atoms with E-state index in [4.69, 9.17) is 0 Å². The Morgan fingerprint density at radius 2 is 1.96 bits per heavy atom. The highest BCUT2D eigenvalue weighted by Gasteiger charge is 2.28. The maximum absolute atomic E-state index is 13.6. The molecular formula is C20H29F2N3O2. The Labute approximate surface area is 159 Å². The number of nitrogens with one attached hydrogen (secondary N) is 3. The van der Waals surface area contributed by atoms with Crippen LogP contribution in [0, 0.1) is 17.0 Å². The molecule has 0 aromatic heterocycles. The molecule has 1 aliphatic rings. The fourth-order valence-corrected chi connectivity index (χ4v) is 3.15. The largest absolute Gasteiger partial charge is 0.356 e. The Kier molecular flexibility index (Phi) is 7.30. The maximum Gasteiger partial charge on any atom is 0.225 e. The molecule has 27 heavy (non-hydrogen) atoms. The highest BCUT2D eigenvalue weighted by atomic mass is 19.2. The summed E-state index contributed by atoms with van der Waals surface area (Å²) in [6.07, 6.45) is 1.58. The van der Waals surface area contributed by atoms with E-state index >= 15 is 0 Å². The number of hydrogen-bond donors (Lipinski definition) is 3. The second kappa shape index (κ2) is 9.26. The van der Waals surface area contributed by atoms with Crippen molar-refractivity contribution in [3.8, 4) is 0 Å². The molecule has 0 spiro atoms. The van der Waals surface area contributed by atoms with Crippen LogP contribution in [0.3, 0.4) is 0 Å². The molecule has 2 rings (SSSR count). The number of rotatable bonds is 6. The summed E-state index contributed by atoms with van der Waals surface area (Å²) >= 11 is 0. The van der Waals surface area contributed by atoms with E-state index in [1.54, 1.807) is 6.07 Å². The fraction of sp³-hybridized carbons (Fsp3) is 0.600. The van der Waals surface area contributed by atoms with Crippen LogP contribution in [0.15, 0.2) is 18.2 Å². The lowest BCUT2D eigenvalue weighted by Gasteiger charge is -2.33. The summed E-state index contributed by atoms with van der Waals surface area (Å²) in [6.45, 7) is 7.29. The van der Waals surface area contributed by atoms with Gasteiger partial charge in [-0.3, -0.25) is 9.59 Å². The molecule has 2 atom stereocenters. The van der Waals surface area contributed by atoms with Gasteiger partial charge in [-0.1, -0.05) is 26.8 Å². The minimum Gasteiger partial charge on any atom is -0.356 e. The zero-order valence-corrected chi connectivity index (χ0v) is 16.2. The smallest absolute Gasteiger partial charge is 0.225 e. The van der Waals surface area contributed by atoms with Crippen LogP contribution in [0.2, 0.25) is 0 Å². The van der Waals surface area contributed by atoms with Crippen molar-refractivity contribution < 1.29 is 18.4 Å². The van der Waals surface area contributed by atoms with Crippen molar-refractivity contribution in [1.82, 2.24) is 16.0 Å². The molecule has 1 heterocycles. The van der Waals surface area contributed by atoms with Crippen molar-refractivity contribution in [3.63, 3.8) is 0 Å². The van der Waals surface area contributed by atoms with E-state index in [1.165, 1.54) is 6.07 Å².